The molecule has 0 bridgehead atoms. The van der Waals surface area contributed by atoms with Gasteiger partial charge in [0.15, 0.2) is 5.03 Å². The quantitative estimate of drug-likeness (QED) is 0.699. The van der Waals surface area contributed by atoms with Gasteiger partial charge in [-0.15, -0.1) is 6.42 Å². The number of H-pyrrole nitrogens is 1. The van der Waals surface area contributed by atoms with E-state index in [1.165, 1.54) is 10.5 Å². The lowest BCUT2D eigenvalue weighted by molar-refractivity contribution is 0.278. The van der Waals surface area contributed by atoms with Gasteiger partial charge in [0.05, 0.1) is 19.3 Å². The second-order valence-electron chi connectivity index (χ2n) is 3.43. The summed E-state index contributed by atoms with van der Waals surface area (Å²) in [4.78, 5) is 0. The van der Waals surface area contributed by atoms with Gasteiger partial charge in [-0.1, -0.05) is 12.8 Å². The van der Waals surface area contributed by atoms with Crippen molar-refractivity contribution < 1.29 is 13.5 Å². The highest BCUT2D eigenvalue weighted by atomic mass is 32.2. The predicted molar refractivity (Wildman–Crippen MR) is 62.4 cm³/mol. The Hall–Kier alpha value is -1.36. The number of nitrogens with one attached hydrogen (secondary N) is 1. The molecule has 0 spiro atoms. The van der Waals surface area contributed by atoms with Crippen LogP contribution in [-0.2, 0) is 16.6 Å². The largest absolute Gasteiger partial charge is 0.392 e. The molecule has 0 saturated carbocycles. The monoisotopic (exact) mass is 257 g/mol. The third kappa shape index (κ3) is 2.85. The minimum atomic E-state index is -3.71. The van der Waals surface area contributed by atoms with Crippen LogP contribution in [0.15, 0.2) is 11.2 Å². The van der Waals surface area contributed by atoms with Crippen LogP contribution >= 0.6 is 0 Å². The van der Waals surface area contributed by atoms with Crippen molar-refractivity contribution in [1.82, 2.24) is 14.5 Å². The number of hydrogen-bond donors (Lipinski definition) is 2. The maximum Gasteiger partial charge on any atom is 0.261 e. The first-order chi connectivity index (χ1) is 8.07. The molecule has 0 fully saturated rings. The molecule has 0 aliphatic carbocycles. The van der Waals surface area contributed by atoms with Crippen molar-refractivity contribution >= 4 is 10.0 Å². The lowest BCUT2D eigenvalue weighted by atomic mass is 10.4. The van der Waals surface area contributed by atoms with E-state index in [9.17, 15) is 8.42 Å². The number of aliphatic hydroxyl groups excluding tert-OH is 1. The fourth-order valence-corrected chi connectivity index (χ4v) is 2.94. The van der Waals surface area contributed by atoms with E-state index in [0.29, 0.717) is 13.0 Å². The fourth-order valence-electron chi connectivity index (χ4n) is 1.40. The van der Waals surface area contributed by atoms with Gasteiger partial charge < -0.3 is 5.11 Å². The summed E-state index contributed by atoms with van der Waals surface area (Å²) in [5.41, 5.74) is 0.239. The summed E-state index contributed by atoms with van der Waals surface area (Å²) in [5.74, 6) is 2.31. The van der Waals surface area contributed by atoms with Crippen LogP contribution in [-0.4, -0.2) is 41.1 Å². The third-order valence-corrected chi connectivity index (χ3v) is 4.05. The molecule has 0 atom stereocenters. The highest BCUT2D eigenvalue weighted by Gasteiger charge is 2.27. The maximum atomic E-state index is 12.2. The average molecular weight is 257 g/mol. The molecule has 1 aromatic rings. The molecule has 1 heterocycles. The first kappa shape index (κ1) is 13.7. The van der Waals surface area contributed by atoms with Crippen LogP contribution in [0.3, 0.4) is 0 Å². The maximum absolute atomic E-state index is 12.2. The van der Waals surface area contributed by atoms with Crippen molar-refractivity contribution in [2.45, 2.75) is 25.0 Å². The number of aromatic amines is 1. The van der Waals surface area contributed by atoms with E-state index < -0.39 is 10.0 Å². The molecule has 0 unspecified atom stereocenters. The summed E-state index contributed by atoms with van der Waals surface area (Å²) in [6, 6.07) is 0. The third-order valence-electron chi connectivity index (χ3n) is 2.19. The summed E-state index contributed by atoms with van der Waals surface area (Å²) in [6.07, 6.45) is 7.09. The fraction of sp³-hybridized carbons (Fsp3) is 0.500. The Kier molecular flexibility index (Phi) is 4.69. The topological polar surface area (TPSA) is 86.3 Å². The number of aromatic nitrogens is 2. The minimum Gasteiger partial charge on any atom is -0.392 e. The summed E-state index contributed by atoms with van der Waals surface area (Å²) >= 11 is 0. The molecule has 2 N–H and O–H groups in total. The molecule has 17 heavy (non-hydrogen) atoms. The molecule has 1 aromatic heterocycles. The Morgan fingerprint density at radius 3 is 2.88 bits per heavy atom. The Morgan fingerprint density at radius 2 is 2.35 bits per heavy atom. The van der Waals surface area contributed by atoms with E-state index in [2.05, 4.69) is 16.1 Å². The van der Waals surface area contributed by atoms with E-state index in [0.717, 1.165) is 0 Å². The van der Waals surface area contributed by atoms with Gasteiger partial charge in [0.25, 0.3) is 10.0 Å². The van der Waals surface area contributed by atoms with E-state index in [1.54, 1.807) is 0 Å². The first-order valence-electron chi connectivity index (χ1n) is 5.14. The normalized spacial score (nSPS) is 11.6. The van der Waals surface area contributed by atoms with Crippen LogP contribution < -0.4 is 0 Å². The molecular formula is C10H15N3O3S. The molecule has 0 aromatic carbocycles. The van der Waals surface area contributed by atoms with Crippen LogP contribution in [0.5, 0.6) is 0 Å². The van der Waals surface area contributed by atoms with E-state index in [1.807, 2.05) is 6.92 Å². The Morgan fingerprint density at radius 1 is 1.65 bits per heavy atom. The number of rotatable bonds is 6. The number of sulfonamides is 1. The van der Waals surface area contributed by atoms with Crippen molar-refractivity contribution in [2.75, 3.05) is 13.1 Å². The number of aliphatic hydroxyl groups is 1. The van der Waals surface area contributed by atoms with Gasteiger partial charge in [-0.25, -0.2) is 8.42 Å². The van der Waals surface area contributed by atoms with Gasteiger partial charge >= 0.3 is 0 Å². The number of hydrogen-bond acceptors (Lipinski definition) is 4. The van der Waals surface area contributed by atoms with E-state index >= 15 is 0 Å². The summed E-state index contributed by atoms with van der Waals surface area (Å²) < 4.78 is 25.6. The van der Waals surface area contributed by atoms with Gasteiger partial charge in [-0.3, -0.25) is 5.10 Å². The Bertz CT molecular complexity index is 501. The molecule has 94 valence electrons. The smallest absolute Gasteiger partial charge is 0.261 e. The standard InChI is InChI=1S/C10H15N3O3S/c1-3-5-13(6-4-2)17(15,16)10-9(8-14)7-11-12-10/h1,7,14H,4-6,8H2,2H3,(H,11,12). The second-order valence-corrected chi connectivity index (χ2v) is 5.30. The summed E-state index contributed by atoms with van der Waals surface area (Å²) in [5, 5.41) is 14.9. The SMILES string of the molecule is C#CCN(CCC)S(=O)(=O)c1[nH]ncc1CO. The lowest BCUT2D eigenvalue weighted by Gasteiger charge is -2.18. The first-order valence-corrected chi connectivity index (χ1v) is 6.58. The molecule has 0 saturated heterocycles. The zero-order chi connectivity index (χ0) is 12.9. The zero-order valence-corrected chi connectivity index (χ0v) is 10.4. The average Bonchev–Trinajstić information content (AvgIpc) is 2.77. The minimum absolute atomic E-state index is 0.0000614. The Balaban J connectivity index is 3.12. The van der Waals surface area contributed by atoms with Crippen LogP contribution in [0.1, 0.15) is 18.9 Å². The Labute approximate surface area is 101 Å². The van der Waals surface area contributed by atoms with Crippen molar-refractivity contribution in [2.24, 2.45) is 0 Å². The molecule has 0 amide bonds. The molecule has 0 radical (unpaired) electrons. The van der Waals surface area contributed by atoms with Gasteiger partial charge in [0, 0.05) is 12.1 Å². The predicted octanol–water partition coefficient (Wildman–Crippen LogP) is -0.0641. The van der Waals surface area contributed by atoms with Gasteiger partial charge in [0.1, 0.15) is 0 Å². The molecular weight excluding hydrogens is 242 g/mol. The van der Waals surface area contributed by atoms with Crippen molar-refractivity contribution in [1.29, 1.82) is 0 Å². The zero-order valence-electron chi connectivity index (χ0n) is 9.55. The van der Waals surface area contributed by atoms with E-state index in [-0.39, 0.29) is 23.7 Å². The molecule has 0 aliphatic rings. The molecule has 7 heteroatoms. The number of nitrogens with zero attached hydrogens (tertiary/aromatic N) is 2. The highest BCUT2D eigenvalue weighted by molar-refractivity contribution is 7.89. The second kappa shape index (κ2) is 5.82. The number of terminal acetylenes is 1. The van der Waals surface area contributed by atoms with Crippen LogP contribution in [0, 0.1) is 12.3 Å². The van der Waals surface area contributed by atoms with Crippen molar-refractivity contribution in [3.63, 3.8) is 0 Å². The summed E-state index contributed by atoms with van der Waals surface area (Å²) in [6.45, 7) is 1.80. The van der Waals surface area contributed by atoms with Gasteiger partial charge in [-0.2, -0.15) is 9.40 Å². The van der Waals surface area contributed by atoms with E-state index in [4.69, 9.17) is 11.5 Å². The molecule has 1 rings (SSSR count). The van der Waals surface area contributed by atoms with Crippen molar-refractivity contribution in [3.8, 4) is 12.3 Å². The lowest BCUT2D eigenvalue weighted by Crippen LogP contribution is -2.33. The van der Waals surface area contributed by atoms with Crippen LogP contribution in [0.4, 0.5) is 0 Å². The van der Waals surface area contributed by atoms with Gasteiger partial charge in [-0.05, 0) is 6.42 Å². The van der Waals surface area contributed by atoms with Crippen molar-refractivity contribution in [3.05, 3.63) is 11.8 Å². The van der Waals surface area contributed by atoms with Crippen LogP contribution in [0.25, 0.3) is 0 Å². The van der Waals surface area contributed by atoms with Crippen LogP contribution in [0.2, 0.25) is 0 Å². The molecule has 6 nitrogen and oxygen atoms in total. The highest BCUT2D eigenvalue weighted by Crippen LogP contribution is 2.17. The molecule has 0 aliphatic heterocycles. The summed E-state index contributed by atoms with van der Waals surface area (Å²) in [7, 11) is -3.71. The van der Waals surface area contributed by atoms with Gasteiger partial charge in [0.2, 0.25) is 0 Å².